The number of nitrogens with one attached hydrogen (secondary N) is 4. The molecule has 0 bridgehead atoms. The zero-order chi connectivity index (χ0) is 27.5. The molecule has 11 heteroatoms. The molecule has 11 nitrogen and oxygen atoms in total. The highest BCUT2D eigenvalue weighted by atomic mass is 16.5. The van der Waals surface area contributed by atoms with Gasteiger partial charge in [-0.25, -0.2) is 0 Å². The molecule has 0 aliphatic carbocycles. The van der Waals surface area contributed by atoms with E-state index in [0.29, 0.717) is 32.1 Å². The quantitative estimate of drug-likeness (QED) is 0.403. The van der Waals surface area contributed by atoms with Gasteiger partial charge in [0.2, 0.25) is 17.7 Å². The SMILES string of the molecule is O=C1C[C@@H](C(=O)NCCN2CCOCC2)NC(=O)c2ccccc2OCCNC(=O)[C@H](Cc2ccccc2)N1. The summed E-state index contributed by atoms with van der Waals surface area (Å²) in [6.45, 7) is 4.12. The van der Waals surface area contributed by atoms with Crippen molar-refractivity contribution in [2.45, 2.75) is 24.9 Å². The molecule has 2 aliphatic heterocycles. The first-order valence-corrected chi connectivity index (χ1v) is 13.2. The van der Waals surface area contributed by atoms with Gasteiger partial charge in [-0.15, -0.1) is 0 Å². The standard InChI is InChI=1S/C28H35N5O6/c34-25-19-23(28(37)29-10-12-33-13-16-38-17-14-33)32-26(35)21-8-4-5-9-24(21)39-15-11-30-27(36)22(31-25)18-20-6-2-1-3-7-20/h1-9,22-23H,10-19H2,(H,29,37)(H,30,36)(H,31,34)(H,32,35)/t22-,23-/m0/s1. The van der Waals surface area contributed by atoms with E-state index in [0.717, 1.165) is 18.7 Å². The van der Waals surface area contributed by atoms with Gasteiger partial charge in [0.1, 0.15) is 24.4 Å². The summed E-state index contributed by atoms with van der Waals surface area (Å²) >= 11 is 0. The molecule has 39 heavy (non-hydrogen) atoms. The van der Waals surface area contributed by atoms with Gasteiger partial charge in [0.05, 0.1) is 31.7 Å². The van der Waals surface area contributed by atoms with Crippen LogP contribution in [0, 0.1) is 0 Å². The van der Waals surface area contributed by atoms with Gasteiger partial charge in [0.25, 0.3) is 5.91 Å². The molecule has 0 saturated carbocycles. The van der Waals surface area contributed by atoms with Crippen LogP contribution in [0.4, 0.5) is 0 Å². The second kappa shape index (κ2) is 14.3. The summed E-state index contributed by atoms with van der Waals surface area (Å²) in [5.41, 5.74) is 1.10. The second-order valence-electron chi connectivity index (χ2n) is 9.42. The average molecular weight is 538 g/mol. The maximum absolute atomic E-state index is 13.2. The maximum atomic E-state index is 13.2. The molecule has 1 saturated heterocycles. The molecule has 0 aromatic heterocycles. The largest absolute Gasteiger partial charge is 0.491 e. The van der Waals surface area contributed by atoms with Gasteiger partial charge in [-0.05, 0) is 17.7 Å². The Morgan fingerprint density at radius 1 is 0.949 bits per heavy atom. The number of rotatable bonds is 6. The number of hydrogen-bond acceptors (Lipinski definition) is 7. The fourth-order valence-corrected chi connectivity index (χ4v) is 4.47. The molecule has 4 rings (SSSR count). The van der Waals surface area contributed by atoms with E-state index in [4.69, 9.17) is 9.47 Å². The molecular formula is C28H35N5O6. The van der Waals surface area contributed by atoms with Crippen LogP contribution in [-0.4, -0.2) is 93.2 Å². The predicted octanol–water partition coefficient (Wildman–Crippen LogP) is -0.140. The van der Waals surface area contributed by atoms with Crippen molar-refractivity contribution >= 4 is 23.6 Å². The van der Waals surface area contributed by atoms with Crippen molar-refractivity contribution in [2.24, 2.45) is 0 Å². The summed E-state index contributed by atoms with van der Waals surface area (Å²) < 4.78 is 11.1. The number of carbonyl (C=O) groups is 4. The van der Waals surface area contributed by atoms with Crippen molar-refractivity contribution in [3.8, 4) is 5.75 Å². The highest BCUT2D eigenvalue weighted by Crippen LogP contribution is 2.18. The van der Waals surface area contributed by atoms with E-state index in [-0.39, 0.29) is 37.5 Å². The fraction of sp³-hybridized carbons (Fsp3) is 0.429. The Bertz CT molecular complexity index is 1140. The molecule has 0 radical (unpaired) electrons. The summed E-state index contributed by atoms with van der Waals surface area (Å²) in [6, 6.07) is 13.9. The summed E-state index contributed by atoms with van der Waals surface area (Å²) in [5.74, 6) is -1.59. The smallest absolute Gasteiger partial charge is 0.255 e. The topological polar surface area (TPSA) is 138 Å². The minimum Gasteiger partial charge on any atom is -0.491 e. The number of fused-ring (bicyclic) bond motifs is 1. The van der Waals surface area contributed by atoms with Crippen molar-refractivity contribution in [1.29, 1.82) is 0 Å². The van der Waals surface area contributed by atoms with Crippen LogP contribution in [0.2, 0.25) is 0 Å². The molecule has 1 fully saturated rings. The van der Waals surface area contributed by atoms with Crippen molar-refractivity contribution in [3.05, 3.63) is 65.7 Å². The molecule has 2 aliphatic rings. The van der Waals surface area contributed by atoms with Crippen LogP contribution in [0.25, 0.3) is 0 Å². The molecule has 2 aromatic carbocycles. The van der Waals surface area contributed by atoms with Crippen molar-refractivity contribution < 1.29 is 28.7 Å². The Hall–Kier alpha value is -3.96. The molecule has 0 unspecified atom stereocenters. The zero-order valence-electron chi connectivity index (χ0n) is 21.8. The Morgan fingerprint density at radius 3 is 2.49 bits per heavy atom. The minimum absolute atomic E-state index is 0.119. The van der Waals surface area contributed by atoms with Crippen LogP contribution in [0.3, 0.4) is 0 Å². The van der Waals surface area contributed by atoms with Crippen molar-refractivity contribution in [2.75, 3.05) is 52.5 Å². The van der Waals surface area contributed by atoms with Gasteiger partial charge in [-0.3, -0.25) is 24.1 Å². The Balaban J connectivity index is 1.50. The maximum Gasteiger partial charge on any atom is 0.255 e. The van der Waals surface area contributed by atoms with E-state index in [1.807, 2.05) is 30.3 Å². The van der Waals surface area contributed by atoms with E-state index in [1.54, 1.807) is 24.3 Å². The number of benzene rings is 2. The van der Waals surface area contributed by atoms with E-state index in [2.05, 4.69) is 26.2 Å². The van der Waals surface area contributed by atoms with E-state index in [9.17, 15) is 19.2 Å². The lowest BCUT2D eigenvalue weighted by Crippen LogP contribution is -2.53. The molecule has 0 spiro atoms. The molecular weight excluding hydrogens is 502 g/mol. The fourth-order valence-electron chi connectivity index (χ4n) is 4.47. The van der Waals surface area contributed by atoms with E-state index >= 15 is 0 Å². The lowest BCUT2D eigenvalue weighted by molar-refractivity contribution is -0.131. The van der Waals surface area contributed by atoms with Gasteiger partial charge >= 0.3 is 0 Å². The Labute approximate surface area is 227 Å². The van der Waals surface area contributed by atoms with Crippen molar-refractivity contribution in [1.82, 2.24) is 26.2 Å². The van der Waals surface area contributed by atoms with Crippen LogP contribution in [0.15, 0.2) is 54.6 Å². The molecule has 208 valence electrons. The highest BCUT2D eigenvalue weighted by Gasteiger charge is 2.29. The third kappa shape index (κ3) is 8.52. The van der Waals surface area contributed by atoms with Crippen LogP contribution < -0.4 is 26.0 Å². The Morgan fingerprint density at radius 2 is 1.69 bits per heavy atom. The molecule has 4 N–H and O–H groups in total. The first kappa shape index (κ1) is 28.1. The lowest BCUT2D eigenvalue weighted by atomic mass is 10.0. The third-order valence-electron chi connectivity index (χ3n) is 6.57. The molecule has 2 atom stereocenters. The Kier molecular flexibility index (Phi) is 10.3. The number of hydrogen-bond donors (Lipinski definition) is 4. The highest BCUT2D eigenvalue weighted by molar-refractivity contribution is 6.01. The van der Waals surface area contributed by atoms with E-state index < -0.39 is 29.8 Å². The van der Waals surface area contributed by atoms with Crippen LogP contribution in [0.5, 0.6) is 5.75 Å². The number of carbonyl (C=O) groups excluding carboxylic acids is 4. The first-order chi connectivity index (χ1) is 19.0. The number of ether oxygens (including phenoxy) is 2. The summed E-state index contributed by atoms with van der Waals surface area (Å²) in [4.78, 5) is 54.6. The second-order valence-corrected chi connectivity index (χ2v) is 9.42. The average Bonchev–Trinajstić information content (AvgIpc) is 2.95. The number of para-hydroxylation sites is 1. The summed E-state index contributed by atoms with van der Waals surface area (Å²) in [5, 5.41) is 11.1. The summed E-state index contributed by atoms with van der Waals surface area (Å²) in [6.07, 6.45) is -0.0679. The third-order valence-corrected chi connectivity index (χ3v) is 6.57. The minimum atomic E-state index is -1.15. The normalized spacial score (nSPS) is 21.3. The molecule has 2 aromatic rings. The van der Waals surface area contributed by atoms with Gasteiger partial charge < -0.3 is 30.7 Å². The van der Waals surface area contributed by atoms with Crippen LogP contribution >= 0.6 is 0 Å². The van der Waals surface area contributed by atoms with Gasteiger partial charge in [0.15, 0.2) is 0 Å². The zero-order valence-corrected chi connectivity index (χ0v) is 21.8. The van der Waals surface area contributed by atoms with Crippen molar-refractivity contribution in [3.63, 3.8) is 0 Å². The molecule has 4 amide bonds. The molecule has 2 heterocycles. The lowest BCUT2D eigenvalue weighted by Gasteiger charge is -2.27. The van der Waals surface area contributed by atoms with E-state index in [1.165, 1.54) is 0 Å². The van der Waals surface area contributed by atoms with Gasteiger partial charge in [-0.1, -0.05) is 42.5 Å². The number of morpholine rings is 1. The monoisotopic (exact) mass is 537 g/mol. The van der Waals surface area contributed by atoms with Crippen LogP contribution in [-0.2, 0) is 25.5 Å². The van der Waals surface area contributed by atoms with Crippen LogP contribution in [0.1, 0.15) is 22.3 Å². The predicted molar refractivity (Wildman–Crippen MR) is 143 cm³/mol. The van der Waals surface area contributed by atoms with Gasteiger partial charge in [-0.2, -0.15) is 0 Å². The number of amides is 4. The first-order valence-electron chi connectivity index (χ1n) is 13.2. The number of nitrogens with zero attached hydrogens (tertiary/aromatic N) is 1. The summed E-state index contributed by atoms with van der Waals surface area (Å²) in [7, 11) is 0. The van der Waals surface area contributed by atoms with Gasteiger partial charge in [0, 0.05) is 32.6 Å².